The molecule has 0 bridgehead atoms. The lowest BCUT2D eigenvalue weighted by atomic mass is 9.85. The highest BCUT2D eigenvalue weighted by Gasteiger charge is 2.23. The first-order valence-electron chi connectivity index (χ1n) is 3.60. The Bertz CT molecular complexity index is 99.1. The van der Waals surface area contributed by atoms with Crippen LogP contribution in [0.1, 0.15) is 26.7 Å². The summed E-state index contributed by atoms with van der Waals surface area (Å²) in [4.78, 5) is 0. The zero-order valence-electron chi connectivity index (χ0n) is 6.35. The molecular weight excluding hydrogens is 112 g/mol. The third-order valence-electron chi connectivity index (χ3n) is 1.93. The van der Waals surface area contributed by atoms with E-state index in [4.69, 9.17) is 5.84 Å². The van der Waals surface area contributed by atoms with Crippen LogP contribution in [-0.4, -0.2) is 18.1 Å². The number of rotatable bonds is 0. The van der Waals surface area contributed by atoms with E-state index in [1.165, 1.54) is 12.8 Å². The molecular formula is C7H16N2. The third-order valence-corrected chi connectivity index (χ3v) is 1.93. The average molecular weight is 128 g/mol. The van der Waals surface area contributed by atoms with Crippen molar-refractivity contribution in [2.24, 2.45) is 11.3 Å². The van der Waals surface area contributed by atoms with Crippen molar-refractivity contribution in [3.8, 4) is 0 Å². The van der Waals surface area contributed by atoms with Gasteiger partial charge in [-0.1, -0.05) is 13.8 Å². The molecule has 0 aromatic carbocycles. The van der Waals surface area contributed by atoms with E-state index < -0.39 is 0 Å². The first kappa shape index (κ1) is 7.03. The molecule has 9 heavy (non-hydrogen) atoms. The molecule has 1 aliphatic heterocycles. The van der Waals surface area contributed by atoms with Gasteiger partial charge in [0.15, 0.2) is 0 Å². The monoisotopic (exact) mass is 128 g/mol. The van der Waals surface area contributed by atoms with Crippen LogP contribution < -0.4 is 5.84 Å². The molecule has 0 saturated carbocycles. The zero-order valence-corrected chi connectivity index (χ0v) is 6.35. The highest BCUT2D eigenvalue weighted by molar-refractivity contribution is 4.76. The highest BCUT2D eigenvalue weighted by Crippen LogP contribution is 2.26. The molecule has 1 heterocycles. The normalized spacial score (nSPS) is 28.3. The van der Waals surface area contributed by atoms with Gasteiger partial charge in [0.2, 0.25) is 0 Å². The fraction of sp³-hybridized carbons (Fsp3) is 1.00. The molecule has 1 rings (SSSR count). The van der Waals surface area contributed by atoms with Crippen LogP contribution in [0.4, 0.5) is 0 Å². The predicted octanol–water partition coefficient (Wildman–Crippen LogP) is 0.982. The lowest BCUT2D eigenvalue weighted by Crippen LogP contribution is -2.44. The van der Waals surface area contributed by atoms with E-state index >= 15 is 0 Å². The number of hydrogen-bond donors (Lipinski definition) is 1. The average Bonchev–Trinajstić information content (AvgIpc) is 1.60. The van der Waals surface area contributed by atoms with Gasteiger partial charge in [-0.2, -0.15) is 0 Å². The van der Waals surface area contributed by atoms with Crippen molar-refractivity contribution in [3.05, 3.63) is 0 Å². The lowest BCUT2D eigenvalue weighted by molar-refractivity contribution is 0.119. The quantitative estimate of drug-likeness (QED) is 0.493. The Morgan fingerprint density at radius 2 is 2.11 bits per heavy atom. The topological polar surface area (TPSA) is 29.3 Å². The minimum atomic E-state index is 0.451. The summed E-state index contributed by atoms with van der Waals surface area (Å²) in [6, 6.07) is 0. The van der Waals surface area contributed by atoms with Crippen molar-refractivity contribution in [2.75, 3.05) is 13.1 Å². The first-order chi connectivity index (χ1) is 4.10. The Labute approximate surface area is 57.0 Å². The van der Waals surface area contributed by atoms with E-state index in [2.05, 4.69) is 13.8 Å². The molecule has 0 aromatic heterocycles. The smallest absolute Gasteiger partial charge is 0.0179 e. The Kier molecular flexibility index (Phi) is 1.78. The van der Waals surface area contributed by atoms with Crippen LogP contribution >= 0.6 is 0 Å². The van der Waals surface area contributed by atoms with Gasteiger partial charge in [-0.3, -0.25) is 5.84 Å². The van der Waals surface area contributed by atoms with Gasteiger partial charge in [-0.25, -0.2) is 5.01 Å². The molecule has 54 valence electrons. The molecule has 0 aliphatic carbocycles. The zero-order chi connectivity index (χ0) is 6.91. The Morgan fingerprint density at radius 3 is 2.44 bits per heavy atom. The Balaban J connectivity index is 2.41. The van der Waals surface area contributed by atoms with E-state index in [0.717, 1.165) is 13.1 Å². The van der Waals surface area contributed by atoms with Crippen molar-refractivity contribution < 1.29 is 0 Å². The molecule has 0 atom stereocenters. The molecule has 0 aromatic rings. The van der Waals surface area contributed by atoms with Gasteiger partial charge in [-0.15, -0.1) is 0 Å². The molecule has 1 saturated heterocycles. The minimum Gasteiger partial charge on any atom is -0.269 e. The van der Waals surface area contributed by atoms with E-state index in [9.17, 15) is 0 Å². The SMILES string of the molecule is CC1(C)CCCN(N)C1. The second kappa shape index (κ2) is 2.27. The summed E-state index contributed by atoms with van der Waals surface area (Å²) in [5.74, 6) is 5.64. The third kappa shape index (κ3) is 1.95. The van der Waals surface area contributed by atoms with Crippen molar-refractivity contribution in [1.82, 2.24) is 5.01 Å². The number of nitrogens with two attached hydrogens (primary N) is 1. The molecule has 1 aliphatic rings. The van der Waals surface area contributed by atoms with Gasteiger partial charge in [0.1, 0.15) is 0 Å². The van der Waals surface area contributed by atoms with Gasteiger partial charge in [0.05, 0.1) is 0 Å². The summed E-state index contributed by atoms with van der Waals surface area (Å²) in [7, 11) is 0. The van der Waals surface area contributed by atoms with E-state index in [1.54, 1.807) is 0 Å². The number of hydrogen-bond acceptors (Lipinski definition) is 2. The van der Waals surface area contributed by atoms with Crippen molar-refractivity contribution in [2.45, 2.75) is 26.7 Å². The van der Waals surface area contributed by atoms with E-state index in [-0.39, 0.29) is 0 Å². The van der Waals surface area contributed by atoms with E-state index in [0.29, 0.717) is 5.41 Å². The first-order valence-corrected chi connectivity index (χ1v) is 3.60. The largest absolute Gasteiger partial charge is 0.269 e. The summed E-state index contributed by atoms with van der Waals surface area (Å²) in [5.41, 5.74) is 0.451. The Hall–Kier alpha value is -0.0800. The van der Waals surface area contributed by atoms with Gasteiger partial charge in [-0.05, 0) is 18.3 Å². The molecule has 0 unspecified atom stereocenters. The minimum absolute atomic E-state index is 0.451. The maximum atomic E-state index is 5.64. The van der Waals surface area contributed by atoms with Gasteiger partial charge < -0.3 is 0 Å². The number of nitrogens with zero attached hydrogens (tertiary/aromatic N) is 1. The van der Waals surface area contributed by atoms with Gasteiger partial charge in [0.25, 0.3) is 0 Å². The maximum Gasteiger partial charge on any atom is 0.0179 e. The lowest BCUT2D eigenvalue weighted by Gasteiger charge is -2.35. The van der Waals surface area contributed by atoms with Crippen LogP contribution in [0.2, 0.25) is 0 Å². The second-order valence-corrected chi connectivity index (χ2v) is 3.74. The highest BCUT2D eigenvalue weighted by atomic mass is 15.4. The number of piperidine rings is 1. The van der Waals surface area contributed by atoms with E-state index in [1.807, 2.05) is 5.01 Å². The van der Waals surface area contributed by atoms with Crippen LogP contribution in [0.3, 0.4) is 0 Å². The van der Waals surface area contributed by atoms with Crippen molar-refractivity contribution in [3.63, 3.8) is 0 Å². The second-order valence-electron chi connectivity index (χ2n) is 3.74. The summed E-state index contributed by atoms with van der Waals surface area (Å²) in [6.07, 6.45) is 2.57. The van der Waals surface area contributed by atoms with Crippen LogP contribution in [0.25, 0.3) is 0 Å². The fourth-order valence-electron chi connectivity index (χ4n) is 1.47. The fourth-order valence-corrected chi connectivity index (χ4v) is 1.47. The summed E-state index contributed by atoms with van der Waals surface area (Å²) < 4.78 is 0. The standard InChI is InChI=1S/C7H16N2/c1-7(2)4-3-5-9(8)6-7/h3-6,8H2,1-2H3. The summed E-state index contributed by atoms with van der Waals surface area (Å²) in [5, 5.41) is 1.92. The molecule has 2 nitrogen and oxygen atoms in total. The van der Waals surface area contributed by atoms with Crippen LogP contribution in [0, 0.1) is 5.41 Å². The van der Waals surface area contributed by atoms with Crippen LogP contribution in [0.5, 0.6) is 0 Å². The van der Waals surface area contributed by atoms with Crippen LogP contribution in [-0.2, 0) is 0 Å². The molecule has 0 radical (unpaired) electrons. The maximum absolute atomic E-state index is 5.64. The predicted molar refractivity (Wildman–Crippen MR) is 38.8 cm³/mol. The molecule has 1 fully saturated rings. The summed E-state index contributed by atoms with van der Waals surface area (Å²) >= 11 is 0. The number of hydrazine groups is 1. The Morgan fingerprint density at radius 1 is 1.44 bits per heavy atom. The van der Waals surface area contributed by atoms with Crippen LogP contribution in [0.15, 0.2) is 0 Å². The van der Waals surface area contributed by atoms with Crippen molar-refractivity contribution in [1.29, 1.82) is 0 Å². The molecule has 2 heteroatoms. The molecule has 0 amide bonds. The molecule has 0 spiro atoms. The summed E-state index contributed by atoms with van der Waals surface area (Å²) in [6.45, 7) is 6.66. The van der Waals surface area contributed by atoms with Gasteiger partial charge in [0, 0.05) is 13.1 Å². The molecule has 2 N–H and O–H groups in total. The van der Waals surface area contributed by atoms with Crippen molar-refractivity contribution >= 4 is 0 Å². The van der Waals surface area contributed by atoms with Gasteiger partial charge >= 0.3 is 0 Å².